The second-order valence-electron chi connectivity index (χ2n) is 10.6. The van der Waals surface area contributed by atoms with E-state index in [9.17, 15) is 19.2 Å². The number of aryl methyl sites for hydroxylation is 3. The lowest BCUT2D eigenvalue weighted by Gasteiger charge is -2.34. The summed E-state index contributed by atoms with van der Waals surface area (Å²) >= 11 is 0. The maximum atomic E-state index is 13.9. The first-order valence-electron chi connectivity index (χ1n) is 13.3. The van der Waals surface area contributed by atoms with E-state index in [0.29, 0.717) is 11.3 Å². The molecule has 2 aromatic rings. The predicted molar refractivity (Wildman–Crippen MR) is 152 cm³/mol. The molecule has 212 valence electrons. The van der Waals surface area contributed by atoms with Crippen LogP contribution in [-0.4, -0.2) is 46.9 Å². The van der Waals surface area contributed by atoms with Gasteiger partial charge in [0.1, 0.15) is 17.7 Å². The third-order valence-corrected chi connectivity index (χ3v) is 6.29. The number of benzene rings is 2. The molecular formula is C30H42N4O5. The first-order chi connectivity index (χ1) is 18.3. The molecule has 0 aliphatic rings. The molecule has 0 saturated carbocycles. The van der Waals surface area contributed by atoms with Gasteiger partial charge in [-0.15, -0.1) is 0 Å². The molecule has 0 fully saturated rings. The van der Waals surface area contributed by atoms with Gasteiger partial charge in [-0.25, -0.2) is 4.79 Å². The molecule has 2 rings (SSSR count). The summed E-state index contributed by atoms with van der Waals surface area (Å²) in [5.41, 5.74) is 8.74. The number of nitrogens with zero attached hydrogens (tertiary/aromatic N) is 1. The number of hydrogen-bond acceptors (Lipinski definition) is 5. The number of alkyl carbamates (subject to hydrolysis) is 1. The molecule has 0 aliphatic carbocycles. The number of carbonyl (C=O) groups is 4. The van der Waals surface area contributed by atoms with Gasteiger partial charge in [0, 0.05) is 18.7 Å². The number of para-hydroxylation sites is 1. The van der Waals surface area contributed by atoms with Crippen LogP contribution in [0.5, 0.6) is 0 Å². The van der Waals surface area contributed by atoms with Crippen molar-refractivity contribution in [2.75, 3.05) is 11.9 Å². The number of nitrogens with two attached hydrogens (primary N) is 1. The van der Waals surface area contributed by atoms with Crippen molar-refractivity contribution in [3.8, 4) is 0 Å². The van der Waals surface area contributed by atoms with Crippen LogP contribution < -0.4 is 16.4 Å². The van der Waals surface area contributed by atoms with Crippen molar-refractivity contribution in [3.05, 3.63) is 64.7 Å². The van der Waals surface area contributed by atoms with Crippen molar-refractivity contribution in [1.82, 2.24) is 10.2 Å². The molecule has 2 atom stereocenters. The molecule has 4 N–H and O–H groups in total. The molecule has 2 aromatic carbocycles. The van der Waals surface area contributed by atoms with Crippen LogP contribution in [0.3, 0.4) is 0 Å². The van der Waals surface area contributed by atoms with E-state index in [1.54, 1.807) is 27.7 Å². The average Bonchev–Trinajstić information content (AvgIpc) is 2.85. The van der Waals surface area contributed by atoms with Gasteiger partial charge < -0.3 is 26.0 Å². The van der Waals surface area contributed by atoms with Gasteiger partial charge in [0.05, 0.1) is 0 Å². The van der Waals surface area contributed by atoms with Crippen molar-refractivity contribution in [1.29, 1.82) is 0 Å². The zero-order valence-electron chi connectivity index (χ0n) is 24.1. The fourth-order valence-corrected chi connectivity index (χ4v) is 4.27. The van der Waals surface area contributed by atoms with Gasteiger partial charge in [-0.2, -0.15) is 0 Å². The van der Waals surface area contributed by atoms with Crippen LogP contribution in [0.4, 0.5) is 10.5 Å². The fourth-order valence-electron chi connectivity index (χ4n) is 4.27. The van der Waals surface area contributed by atoms with E-state index < -0.39 is 41.5 Å². The number of rotatable bonds is 11. The van der Waals surface area contributed by atoms with Gasteiger partial charge in [-0.3, -0.25) is 14.4 Å². The van der Waals surface area contributed by atoms with Gasteiger partial charge in [0.15, 0.2) is 0 Å². The minimum absolute atomic E-state index is 0.0378. The van der Waals surface area contributed by atoms with E-state index in [2.05, 4.69) is 10.6 Å². The van der Waals surface area contributed by atoms with Crippen LogP contribution in [-0.2, 0) is 25.5 Å². The van der Waals surface area contributed by atoms with E-state index in [4.69, 9.17) is 10.5 Å². The molecule has 0 spiro atoms. The normalized spacial score (nSPS) is 12.7. The van der Waals surface area contributed by atoms with Crippen molar-refractivity contribution < 1.29 is 23.9 Å². The summed E-state index contributed by atoms with van der Waals surface area (Å²) in [4.78, 5) is 53.4. The molecule has 0 radical (unpaired) electrons. The monoisotopic (exact) mass is 538 g/mol. The van der Waals surface area contributed by atoms with Crippen LogP contribution in [0.1, 0.15) is 75.8 Å². The highest BCUT2D eigenvalue weighted by molar-refractivity contribution is 6.00. The van der Waals surface area contributed by atoms with E-state index >= 15 is 0 Å². The lowest BCUT2D eigenvalue weighted by atomic mass is 9.99. The highest BCUT2D eigenvalue weighted by Crippen LogP contribution is 2.27. The Kier molecular flexibility index (Phi) is 11.1. The number of primary amides is 1. The van der Waals surface area contributed by atoms with Gasteiger partial charge in [-0.1, -0.05) is 49.4 Å². The molecule has 9 nitrogen and oxygen atoms in total. The Morgan fingerprint density at radius 3 is 2.05 bits per heavy atom. The van der Waals surface area contributed by atoms with Crippen molar-refractivity contribution >= 4 is 29.5 Å². The smallest absolute Gasteiger partial charge is 0.408 e. The van der Waals surface area contributed by atoms with Gasteiger partial charge in [-0.05, 0) is 76.6 Å². The number of anilines is 1. The van der Waals surface area contributed by atoms with E-state index in [0.717, 1.165) is 23.1 Å². The zero-order chi connectivity index (χ0) is 29.3. The quantitative estimate of drug-likeness (QED) is 0.386. The lowest BCUT2D eigenvalue weighted by molar-refractivity contribution is -0.140. The summed E-state index contributed by atoms with van der Waals surface area (Å²) in [6.45, 7) is 12.9. The van der Waals surface area contributed by atoms with E-state index in [1.807, 2.05) is 63.2 Å². The predicted octanol–water partition coefficient (Wildman–Crippen LogP) is 4.55. The molecule has 39 heavy (non-hydrogen) atoms. The van der Waals surface area contributed by atoms with Crippen LogP contribution in [0, 0.1) is 13.8 Å². The highest BCUT2D eigenvalue weighted by atomic mass is 16.6. The second-order valence-corrected chi connectivity index (χ2v) is 10.6. The fraction of sp³-hybridized carbons (Fsp3) is 0.467. The summed E-state index contributed by atoms with van der Waals surface area (Å²) in [6.07, 6.45) is -0.145. The third kappa shape index (κ3) is 9.12. The molecular weight excluding hydrogens is 496 g/mol. The van der Waals surface area contributed by atoms with Crippen LogP contribution in [0.2, 0.25) is 0 Å². The zero-order valence-corrected chi connectivity index (χ0v) is 24.1. The van der Waals surface area contributed by atoms with Gasteiger partial charge in [0.25, 0.3) is 5.91 Å². The van der Waals surface area contributed by atoms with Crippen LogP contribution >= 0.6 is 0 Å². The number of likely N-dealkylation sites (N-methyl/N-ethyl adjacent to an activating group) is 1. The summed E-state index contributed by atoms with van der Waals surface area (Å²) in [7, 11) is 0. The topological polar surface area (TPSA) is 131 Å². The SMILES string of the molecule is CCc1ccc(C(C(=O)Nc2c(C)cccc2C)N(CC)C(=O)C(CCC(N)=O)NC(=O)OC(C)(C)C)cc1. The van der Waals surface area contributed by atoms with Gasteiger partial charge >= 0.3 is 6.09 Å². The number of carbonyl (C=O) groups excluding carboxylic acids is 4. The molecule has 9 heteroatoms. The Hall–Kier alpha value is -3.88. The van der Waals surface area contributed by atoms with E-state index in [-0.39, 0.29) is 19.4 Å². The highest BCUT2D eigenvalue weighted by Gasteiger charge is 2.36. The first-order valence-corrected chi connectivity index (χ1v) is 13.3. The summed E-state index contributed by atoms with van der Waals surface area (Å²) in [5, 5.41) is 5.60. The minimum atomic E-state index is -1.13. The molecule has 0 aromatic heterocycles. The summed E-state index contributed by atoms with van der Waals surface area (Å²) in [6, 6.07) is 11.1. The largest absolute Gasteiger partial charge is 0.444 e. The first kappa shape index (κ1) is 31.3. The van der Waals surface area contributed by atoms with Crippen LogP contribution in [0.15, 0.2) is 42.5 Å². The van der Waals surface area contributed by atoms with Gasteiger partial charge in [0.2, 0.25) is 11.8 Å². The number of amides is 4. The minimum Gasteiger partial charge on any atom is -0.444 e. The lowest BCUT2D eigenvalue weighted by Crippen LogP contribution is -2.52. The number of nitrogens with one attached hydrogen (secondary N) is 2. The molecule has 0 heterocycles. The second kappa shape index (κ2) is 13.8. The molecule has 0 saturated heterocycles. The molecule has 0 bridgehead atoms. The average molecular weight is 539 g/mol. The van der Waals surface area contributed by atoms with Crippen molar-refractivity contribution in [3.63, 3.8) is 0 Å². The van der Waals surface area contributed by atoms with Crippen molar-refractivity contribution in [2.24, 2.45) is 5.73 Å². The van der Waals surface area contributed by atoms with Crippen molar-refractivity contribution in [2.45, 2.75) is 85.4 Å². The third-order valence-electron chi connectivity index (χ3n) is 6.29. The standard InChI is InChI=1S/C30H42N4O5/c1-8-21-13-15-22(16-14-21)26(27(36)33-25-19(3)11-10-12-20(25)4)34(9-2)28(37)23(17-18-24(31)35)32-29(38)39-30(5,6)7/h10-16,23,26H,8-9,17-18H2,1-7H3,(H2,31,35)(H,32,38)(H,33,36). The number of ether oxygens (including phenoxy) is 1. The molecule has 4 amide bonds. The Morgan fingerprint density at radius 1 is 0.974 bits per heavy atom. The Balaban J connectivity index is 2.51. The molecule has 0 aliphatic heterocycles. The Morgan fingerprint density at radius 2 is 1.56 bits per heavy atom. The maximum Gasteiger partial charge on any atom is 0.408 e. The van der Waals surface area contributed by atoms with E-state index in [1.165, 1.54) is 4.90 Å². The summed E-state index contributed by atoms with van der Waals surface area (Å²) in [5.74, 6) is -1.52. The Labute approximate surface area is 231 Å². The maximum absolute atomic E-state index is 13.9. The van der Waals surface area contributed by atoms with Crippen LogP contribution in [0.25, 0.3) is 0 Å². The summed E-state index contributed by atoms with van der Waals surface area (Å²) < 4.78 is 5.35. The molecule has 2 unspecified atom stereocenters. The number of hydrogen-bond donors (Lipinski definition) is 3. The Bertz CT molecular complexity index is 1150.